The number of hydrogen-bond donors (Lipinski definition) is 1. The molecule has 6 nitrogen and oxygen atoms in total. The van der Waals surface area contributed by atoms with Gasteiger partial charge in [0.15, 0.2) is 5.13 Å². The third-order valence-electron chi connectivity index (χ3n) is 4.09. The molecule has 0 spiro atoms. The molecule has 3 rings (SSSR count). The van der Waals surface area contributed by atoms with Crippen LogP contribution in [-0.2, 0) is 0 Å². The van der Waals surface area contributed by atoms with Crippen LogP contribution in [0.3, 0.4) is 0 Å². The molecule has 1 unspecified atom stereocenters. The number of hydrogen-bond acceptors (Lipinski definition) is 6. The van der Waals surface area contributed by atoms with Gasteiger partial charge in [0.25, 0.3) is 5.91 Å². The number of nitrogens with zero attached hydrogens (tertiary/aromatic N) is 4. The summed E-state index contributed by atoms with van der Waals surface area (Å²) in [6, 6.07) is 0.537. The summed E-state index contributed by atoms with van der Waals surface area (Å²) >= 11 is 1.38. The highest BCUT2D eigenvalue weighted by Gasteiger charge is 2.34. The van der Waals surface area contributed by atoms with Crippen molar-refractivity contribution in [3.63, 3.8) is 0 Å². The molecule has 2 aliphatic rings. The molecule has 2 saturated heterocycles. The summed E-state index contributed by atoms with van der Waals surface area (Å²) in [5, 5.41) is 0.783. The van der Waals surface area contributed by atoms with Crippen LogP contribution in [0.1, 0.15) is 22.5 Å². The molecule has 0 bridgehead atoms. The summed E-state index contributed by atoms with van der Waals surface area (Å²) in [7, 11) is 3.81. The Morgan fingerprint density at radius 1 is 1.40 bits per heavy atom. The average molecular weight is 295 g/mol. The maximum absolute atomic E-state index is 12.6. The van der Waals surface area contributed by atoms with Gasteiger partial charge in [-0.15, -0.1) is 0 Å². The lowest BCUT2D eigenvalue weighted by Gasteiger charge is -2.37. The molecule has 1 aromatic rings. The minimum Gasteiger partial charge on any atom is -0.382 e. The molecule has 0 saturated carbocycles. The number of nitrogen functional groups attached to an aromatic ring is 1. The van der Waals surface area contributed by atoms with E-state index in [1.54, 1.807) is 0 Å². The van der Waals surface area contributed by atoms with Crippen LogP contribution in [0, 0.1) is 0 Å². The molecule has 1 amide bonds. The first-order valence-electron chi connectivity index (χ1n) is 7.03. The third-order valence-corrected chi connectivity index (χ3v) is 5.32. The van der Waals surface area contributed by atoms with Crippen LogP contribution < -0.4 is 10.6 Å². The number of fused-ring (bicyclic) bond motifs is 1. The lowest BCUT2D eigenvalue weighted by atomic mass is 10.1. The number of thiazole rings is 1. The van der Waals surface area contributed by atoms with Gasteiger partial charge in [0.1, 0.15) is 10.7 Å². The van der Waals surface area contributed by atoms with E-state index in [0.29, 0.717) is 16.7 Å². The van der Waals surface area contributed by atoms with E-state index in [2.05, 4.69) is 9.88 Å². The van der Waals surface area contributed by atoms with E-state index in [-0.39, 0.29) is 5.91 Å². The Balaban J connectivity index is 1.75. The molecule has 0 radical (unpaired) electrons. The maximum Gasteiger partial charge on any atom is 0.267 e. The Bertz CT molecular complexity index is 515. The van der Waals surface area contributed by atoms with Crippen molar-refractivity contribution in [2.45, 2.75) is 18.9 Å². The number of piperazine rings is 1. The van der Waals surface area contributed by atoms with E-state index in [0.717, 1.165) is 24.8 Å². The predicted molar refractivity (Wildman–Crippen MR) is 81.4 cm³/mol. The van der Waals surface area contributed by atoms with Gasteiger partial charge in [-0.05, 0) is 19.4 Å². The Labute approximate surface area is 123 Å². The molecule has 3 heterocycles. The van der Waals surface area contributed by atoms with Crippen molar-refractivity contribution in [1.82, 2.24) is 14.8 Å². The molecule has 1 atom stereocenters. The summed E-state index contributed by atoms with van der Waals surface area (Å²) in [5.74, 6) is 0.400. The number of nitrogens with two attached hydrogens (primary N) is 1. The summed E-state index contributed by atoms with van der Waals surface area (Å²) < 4.78 is 0. The second-order valence-corrected chi connectivity index (χ2v) is 6.67. The zero-order valence-electron chi connectivity index (χ0n) is 12.0. The fourth-order valence-corrected chi connectivity index (χ4v) is 3.86. The highest BCUT2D eigenvalue weighted by atomic mass is 32.1. The van der Waals surface area contributed by atoms with Crippen molar-refractivity contribution in [1.29, 1.82) is 0 Å². The third kappa shape index (κ3) is 2.35. The van der Waals surface area contributed by atoms with Gasteiger partial charge in [-0.2, -0.15) is 0 Å². The lowest BCUT2D eigenvalue weighted by Crippen LogP contribution is -2.52. The number of anilines is 2. The van der Waals surface area contributed by atoms with E-state index in [1.165, 1.54) is 30.7 Å². The van der Waals surface area contributed by atoms with E-state index in [1.807, 2.05) is 23.9 Å². The maximum atomic E-state index is 12.6. The van der Waals surface area contributed by atoms with Crippen molar-refractivity contribution in [2.75, 3.05) is 50.9 Å². The average Bonchev–Trinajstić information content (AvgIpc) is 3.03. The fourth-order valence-electron chi connectivity index (χ4n) is 2.98. The molecule has 0 aromatic carbocycles. The summed E-state index contributed by atoms with van der Waals surface area (Å²) in [5.41, 5.74) is 5.91. The number of carbonyl (C=O) groups is 1. The molecular weight excluding hydrogens is 274 g/mol. The molecule has 110 valence electrons. The van der Waals surface area contributed by atoms with Gasteiger partial charge in [0, 0.05) is 39.8 Å². The molecule has 0 aliphatic carbocycles. The van der Waals surface area contributed by atoms with Crippen molar-refractivity contribution in [3.05, 3.63) is 4.88 Å². The van der Waals surface area contributed by atoms with Crippen LogP contribution in [0.5, 0.6) is 0 Å². The zero-order valence-corrected chi connectivity index (χ0v) is 12.8. The van der Waals surface area contributed by atoms with Crippen LogP contribution in [0.4, 0.5) is 10.9 Å². The van der Waals surface area contributed by atoms with Crippen LogP contribution in [0.25, 0.3) is 0 Å². The van der Waals surface area contributed by atoms with Gasteiger partial charge in [-0.1, -0.05) is 11.3 Å². The highest BCUT2D eigenvalue weighted by molar-refractivity contribution is 7.18. The van der Waals surface area contributed by atoms with E-state index < -0.39 is 0 Å². The second-order valence-electron chi connectivity index (χ2n) is 5.69. The first kappa shape index (κ1) is 13.6. The fraction of sp³-hybridized carbons (Fsp3) is 0.692. The van der Waals surface area contributed by atoms with Gasteiger partial charge >= 0.3 is 0 Å². The number of rotatable bonds is 2. The van der Waals surface area contributed by atoms with Gasteiger partial charge in [0.05, 0.1) is 0 Å². The zero-order chi connectivity index (χ0) is 14.3. The Morgan fingerprint density at radius 3 is 2.90 bits per heavy atom. The van der Waals surface area contributed by atoms with Crippen molar-refractivity contribution >= 4 is 28.2 Å². The molecule has 2 aliphatic heterocycles. The predicted octanol–water partition coefficient (Wildman–Crippen LogP) is 0.711. The van der Waals surface area contributed by atoms with Crippen molar-refractivity contribution in [3.8, 4) is 0 Å². The Kier molecular flexibility index (Phi) is 3.55. The van der Waals surface area contributed by atoms with Gasteiger partial charge < -0.3 is 15.5 Å². The quantitative estimate of drug-likeness (QED) is 0.870. The molecule has 2 N–H and O–H groups in total. The molecule has 2 fully saturated rings. The van der Waals surface area contributed by atoms with Crippen LogP contribution in [0.2, 0.25) is 0 Å². The number of carbonyl (C=O) groups excluding carboxylic acids is 1. The molecule has 20 heavy (non-hydrogen) atoms. The normalized spacial score (nSPS) is 22.9. The highest BCUT2D eigenvalue weighted by Crippen LogP contribution is 2.29. The molecule has 1 aromatic heterocycles. The Morgan fingerprint density at radius 2 is 2.20 bits per heavy atom. The van der Waals surface area contributed by atoms with Crippen LogP contribution >= 0.6 is 11.3 Å². The first-order chi connectivity index (χ1) is 9.56. The standard InChI is InChI=1S/C13H21N5OS/c1-16(2)13-15-11(14)10(20-13)12(19)18-7-6-17-5-3-4-9(17)8-18/h9H,3-8,14H2,1-2H3. The van der Waals surface area contributed by atoms with Gasteiger partial charge in [-0.3, -0.25) is 9.69 Å². The van der Waals surface area contributed by atoms with Crippen molar-refractivity contribution in [2.24, 2.45) is 0 Å². The number of aromatic nitrogens is 1. The smallest absolute Gasteiger partial charge is 0.267 e. The summed E-state index contributed by atoms with van der Waals surface area (Å²) in [6.45, 7) is 3.78. The Hall–Kier alpha value is -1.34. The minimum atomic E-state index is 0.0413. The van der Waals surface area contributed by atoms with E-state index >= 15 is 0 Å². The second kappa shape index (κ2) is 5.21. The molecular formula is C13H21N5OS. The summed E-state index contributed by atoms with van der Waals surface area (Å²) in [4.78, 5) is 23.8. The molecule has 7 heteroatoms. The monoisotopic (exact) mass is 295 g/mol. The largest absolute Gasteiger partial charge is 0.382 e. The SMILES string of the molecule is CN(C)c1nc(N)c(C(=O)N2CCN3CCCC3C2)s1. The van der Waals surface area contributed by atoms with Crippen LogP contribution in [-0.4, -0.2) is 67.0 Å². The number of amides is 1. The minimum absolute atomic E-state index is 0.0413. The first-order valence-corrected chi connectivity index (χ1v) is 7.85. The topological polar surface area (TPSA) is 65.7 Å². The van der Waals surface area contributed by atoms with Crippen molar-refractivity contribution < 1.29 is 4.79 Å². The summed E-state index contributed by atoms with van der Waals surface area (Å²) in [6.07, 6.45) is 2.45. The van der Waals surface area contributed by atoms with Crippen LogP contribution in [0.15, 0.2) is 0 Å². The van der Waals surface area contributed by atoms with E-state index in [4.69, 9.17) is 5.73 Å². The lowest BCUT2D eigenvalue weighted by molar-refractivity contribution is 0.0576. The van der Waals surface area contributed by atoms with E-state index in [9.17, 15) is 4.79 Å². The van der Waals surface area contributed by atoms with Gasteiger partial charge in [0.2, 0.25) is 0 Å². The van der Waals surface area contributed by atoms with Gasteiger partial charge in [-0.25, -0.2) is 4.98 Å².